The second-order valence-corrected chi connectivity index (χ2v) is 6.17. The van der Waals surface area contributed by atoms with Crippen molar-refractivity contribution < 1.29 is 0 Å². The number of rotatable bonds is 3. The summed E-state index contributed by atoms with van der Waals surface area (Å²) in [6.45, 7) is 3.55. The van der Waals surface area contributed by atoms with Gasteiger partial charge in [-0.25, -0.2) is 0 Å². The predicted octanol–water partition coefficient (Wildman–Crippen LogP) is 3.27. The van der Waals surface area contributed by atoms with Gasteiger partial charge in [-0.15, -0.1) is 0 Å². The third-order valence-corrected chi connectivity index (χ3v) is 4.98. The lowest BCUT2D eigenvalue weighted by Crippen LogP contribution is -2.49. The predicted molar refractivity (Wildman–Crippen MR) is 80.1 cm³/mol. The molecule has 1 aliphatic heterocycles. The molecule has 1 aliphatic carbocycles. The van der Waals surface area contributed by atoms with Gasteiger partial charge in [0.15, 0.2) is 0 Å². The molecule has 3 atom stereocenters. The number of benzene rings is 1. The van der Waals surface area contributed by atoms with Crippen molar-refractivity contribution in [1.29, 1.82) is 0 Å². The summed E-state index contributed by atoms with van der Waals surface area (Å²) < 4.78 is 0. The number of piperidine rings is 1. The Morgan fingerprint density at radius 3 is 2.89 bits per heavy atom. The van der Waals surface area contributed by atoms with Gasteiger partial charge in [-0.05, 0) is 43.4 Å². The summed E-state index contributed by atoms with van der Waals surface area (Å²) in [6.07, 6.45) is 7.89. The molecular weight excluding hydrogens is 232 g/mol. The maximum Gasteiger partial charge on any atom is 0.0459 e. The molecule has 2 aliphatic rings. The number of nitrogens with two attached hydrogens (primary N) is 1. The summed E-state index contributed by atoms with van der Waals surface area (Å²) in [7, 11) is 0. The first-order valence-electron chi connectivity index (χ1n) is 7.90. The van der Waals surface area contributed by atoms with Crippen molar-refractivity contribution in [3.63, 3.8) is 0 Å². The average molecular weight is 258 g/mol. The van der Waals surface area contributed by atoms with E-state index in [4.69, 9.17) is 5.73 Å². The molecule has 1 aromatic rings. The molecule has 0 spiro atoms. The van der Waals surface area contributed by atoms with Gasteiger partial charge in [-0.1, -0.05) is 44.0 Å². The topological polar surface area (TPSA) is 29.3 Å². The summed E-state index contributed by atoms with van der Waals surface area (Å²) in [5, 5.41) is 0. The Balaban J connectivity index is 1.79. The SMILES string of the molecule is CCCC1CCCCN1C1Cc2ccccc2C1N. The van der Waals surface area contributed by atoms with Gasteiger partial charge in [0.1, 0.15) is 0 Å². The van der Waals surface area contributed by atoms with E-state index in [1.807, 2.05) is 0 Å². The molecule has 0 bridgehead atoms. The number of likely N-dealkylation sites (tertiary alicyclic amines) is 1. The minimum atomic E-state index is 0.216. The maximum atomic E-state index is 6.54. The summed E-state index contributed by atoms with van der Waals surface area (Å²) in [4.78, 5) is 2.73. The second kappa shape index (κ2) is 5.64. The van der Waals surface area contributed by atoms with Crippen LogP contribution in [0, 0.1) is 0 Å². The molecule has 2 heteroatoms. The quantitative estimate of drug-likeness (QED) is 0.901. The first-order valence-corrected chi connectivity index (χ1v) is 7.90. The van der Waals surface area contributed by atoms with Crippen molar-refractivity contribution in [2.45, 2.75) is 63.6 Å². The summed E-state index contributed by atoms with van der Waals surface area (Å²) >= 11 is 0. The van der Waals surface area contributed by atoms with Crippen molar-refractivity contribution in [3.8, 4) is 0 Å². The number of fused-ring (bicyclic) bond motifs is 1. The normalized spacial score (nSPS) is 31.4. The van der Waals surface area contributed by atoms with Crippen LogP contribution < -0.4 is 5.73 Å². The van der Waals surface area contributed by atoms with Crippen LogP contribution in [0.2, 0.25) is 0 Å². The smallest absolute Gasteiger partial charge is 0.0459 e. The number of hydrogen-bond donors (Lipinski definition) is 1. The van der Waals surface area contributed by atoms with Crippen LogP contribution in [0.4, 0.5) is 0 Å². The largest absolute Gasteiger partial charge is 0.323 e. The summed E-state index contributed by atoms with van der Waals surface area (Å²) in [5.74, 6) is 0. The lowest BCUT2D eigenvalue weighted by Gasteiger charge is -2.41. The van der Waals surface area contributed by atoms with Gasteiger partial charge in [0.05, 0.1) is 0 Å². The Morgan fingerprint density at radius 1 is 1.26 bits per heavy atom. The van der Waals surface area contributed by atoms with E-state index in [0.29, 0.717) is 6.04 Å². The van der Waals surface area contributed by atoms with E-state index in [0.717, 1.165) is 12.5 Å². The molecular formula is C17H26N2. The van der Waals surface area contributed by atoms with Crippen molar-refractivity contribution >= 4 is 0 Å². The molecule has 3 rings (SSSR count). The van der Waals surface area contributed by atoms with E-state index < -0.39 is 0 Å². The minimum Gasteiger partial charge on any atom is -0.323 e. The fourth-order valence-electron chi connectivity index (χ4n) is 4.03. The highest BCUT2D eigenvalue weighted by molar-refractivity contribution is 5.37. The van der Waals surface area contributed by atoms with E-state index in [1.165, 1.54) is 49.8 Å². The zero-order chi connectivity index (χ0) is 13.2. The number of hydrogen-bond acceptors (Lipinski definition) is 2. The lowest BCUT2D eigenvalue weighted by molar-refractivity contribution is 0.0798. The van der Waals surface area contributed by atoms with Crippen molar-refractivity contribution in [3.05, 3.63) is 35.4 Å². The van der Waals surface area contributed by atoms with Crippen LogP contribution in [0.25, 0.3) is 0 Å². The van der Waals surface area contributed by atoms with Gasteiger partial charge >= 0.3 is 0 Å². The van der Waals surface area contributed by atoms with Crippen molar-refractivity contribution in [2.24, 2.45) is 5.73 Å². The fourth-order valence-corrected chi connectivity index (χ4v) is 4.03. The first-order chi connectivity index (χ1) is 9.31. The zero-order valence-electron chi connectivity index (χ0n) is 12.0. The highest BCUT2D eigenvalue weighted by Crippen LogP contribution is 2.36. The molecule has 1 saturated heterocycles. The van der Waals surface area contributed by atoms with Crippen LogP contribution >= 0.6 is 0 Å². The van der Waals surface area contributed by atoms with Crippen LogP contribution in [0.5, 0.6) is 0 Å². The molecule has 104 valence electrons. The van der Waals surface area contributed by atoms with Crippen LogP contribution in [0.3, 0.4) is 0 Å². The van der Waals surface area contributed by atoms with Crippen molar-refractivity contribution in [1.82, 2.24) is 4.90 Å². The molecule has 2 nitrogen and oxygen atoms in total. The lowest BCUT2D eigenvalue weighted by atomic mass is 9.94. The van der Waals surface area contributed by atoms with Crippen LogP contribution in [-0.2, 0) is 6.42 Å². The second-order valence-electron chi connectivity index (χ2n) is 6.17. The highest BCUT2D eigenvalue weighted by atomic mass is 15.2. The standard InChI is InChI=1S/C17H26N2/c1-2-7-14-9-5-6-11-19(14)16-12-13-8-3-4-10-15(13)17(16)18/h3-4,8,10,14,16-17H,2,5-7,9,11-12,18H2,1H3. The number of nitrogens with zero attached hydrogens (tertiary/aromatic N) is 1. The third-order valence-electron chi connectivity index (χ3n) is 4.98. The summed E-state index contributed by atoms with van der Waals surface area (Å²) in [5.41, 5.74) is 9.39. The average Bonchev–Trinajstić information content (AvgIpc) is 2.78. The van der Waals surface area contributed by atoms with E-state index >= 15 is 0 Å². The molecule has 3 unspecified atom stereocenters. The van der Waals surface area contributed by atoms with Crippen LogP contribution in [0.1, 0.15) is 56.2 Å². The molecule has 0 aromatic heterocycles. The Hall–Kier alpha value is -0.860. The Bertz CT molecular complexity index is 427. The molecule has 0 saturated carbocycles. The highest BCUT2D eigenvalue weighted by Gasteiger charge is 2.37. The van der Waals surface area contributed by atoms with Gasteiger partial charge in [0, 0.05) is 18.1 Å². The Morgan fingerprint density at radius 2 is 2.11 bits per heavy atom. The first kappa shape index (κ1) is 13.1. The third kappa shape index (κ3) is 2.44. The van der Waals surface area contributed by atoms with Gasteiger partial charge in [0.25, 0.3) is 0 Å². The molecule has 2 N–H and O–H groups in total. The van der Waals surface area contributed by atoms with E-state index in [-0.39, 0.29) is 6.04 Å². The Labute approximate surface area is 117 Å². The van der Waals surface area contributed by atoms with Crippen LogP contribution in [0.15, 0.2) is 24.3 Å². The zero-order valence-corrected chi connectivity index (χ0v) is 12.0. The monoisotopic (exact) mass is 258 g/mol. The molecule has 19 heavy (non-hydrogen) atoms. The van der Waals surface area contributed by atoms with E-state index in [2.05, 4.69) is 36.1 Å². The molecule has 1 aromatic carbocycles. The molecule has 1 fully saturated rings. The maximum absolute atomic E-state index is 6.54. The summed E-state index contributed by atoms with van der Waals surface area (Å²) in [6, 6.07) is 10.3. The fraction of sp³-hybridized carbons (Fsp3) is 0.647. The van der Waals surface area contributed by atoms with Gasteiger partial charge in [-0.3, -0.25) is 4.90 Å². The molecule has 1 heterocycles. The van der Waals surface area contributed by atoms with E-state index in [9.17, 15) is 0 Å². The molecule has 0 radical (unpaired) electrons. The van der Waals surface area contributed by atoms with Crippen LogP contribution in [-0.4, -0.2) is 23.5 Å². The van der Waals surface area contributed by atoms with E-state index in [1.54, 1.807) is 0 Å². The van der Waals surface area contributed by atoms with Crippen molar-refractivity contribution in [2.75, 3.05) is 6.54 Å². The Kier molecular flexibility index (Phi) is 3.90. The minimum absolute atomic E-state index is 0.216. The van der Waals surface area contributed by atoms with Gasteiger partial charge < -0.3 is 5.73 Å². The van der Waals surface area contributed by atoms with Gasteiger partial charge in [-0.2, -0.15) is 0 Å². The van der Waals surface area contributed by atoms with Gasteiger partial charge in [0.2, 0.25) is 0 Å². The molecule has 0 amide bonds.